The molecule has 0 N–H and O–H groups in total. The predicted molar refractivity (Wildman–Crippen MR) is 59.2 cm³/mol. The van der Waals surface area contributed by atoms with E-state index in [4.69, 9.17) is 5.26 Å². The van der Waals surface area contributed by atoms with Gasteiger partial charge in [-0.15, -0.1) is 0 Å². The van der Waals surface area contributed by atoms with E-state index in [1.54, 1.807) is 6.20 Å². The Labute approximate surface area is 91.1 Å². The van der Waals surface area contributed by atoms with Crippen LogP contribution in [0.5, 0.6) is 0 Å². The number of nitrogens with zero attached hydrogens (tertiary/aromatic N) is 4. The fourth-order valence-corrected chi connectivity index (χ4v) is 1.53. The minimum atomic E-state index is 0.624. The third kappa shape index (κ3) is 4.61. The van der Waals surface area contributed by atoms with Crippen molar-refractivity contribution in [2.45, 2.75) is 26.3 Å². The van der Waals surface area contributed by atoms with E-state index >= 15 is 0 Å². The van der Waals surface area contributed by atoms with E-state index < -0.39 is 0 Å². The topological polar surface area (TPSA) is 44.9 Å². The molecule has 0 fully saturated rings. The maximum atomic E-state index is 8.50. The number of aromatic nitrogens is 2. The summed E-state index contributed by atoms with van der Waals surface area (Å²) < 4.78 is 2.08. The first kappa shape index (κ1) is 11.7. The van der Waals surface area contributed by atoms with Gasteiger partial charge in [-0.3, -0.25) is 0 Å². The maximum absolute atomic E-state index is 8.50. The summed E-state index contributed by atoms with van der Waals surface area (Å²) in [6, 6.07) is 2.18. The van der Waals surface area contributed by atoms with Crippen LogP contribution in [0.4, 0.5) is 0 Å². The van der Waals surface area contributed by atoms with Crippen molar-refractivity contribution in [3.63, 3.8) is 0 Å². The van der Waals surface area contributed by atoms with Gasteiger partial charge in [0.2, 0.25) is 0 Å². The van der Waals surface area contributed by atoms with Gasteiger partial charge in [0.1, 0.15) is 0 Å². The summed E-state index contributed by atoms with van der Waals surface area (Å²) >= 11 is 0. The molecule has 0 aliphatic rings. The van der Waals surface area contributed by atoms with Crippen LogP contribution in [0.15, 0.2) is 18.7 Å². The molecular weight excluding hydrogens is 188 g/mol. The Bertz CT molecular complexity index is 286. The molecule has 0 saturated heterocycles. The molecule has 0 bridgehead atoms. The van der Waals surface area contributed by atoms with Crippen LogP contribution in [-0.4, -0.2) is 34.1 Å². The van der Waals surface area contributed by atoms with Crippen LogP contribution < -0.4 is 0 Å². The van der Waals surface area contributed by atoms with Crippen molar-refractivity contribution in [1.29, 1.82) is 5.26 Å². The Morgan fingerprint density at radius 3 is 2.93 bits per heavy atom. The van der Waals surface area contributed by atoms with E-state index in [2.05, 4.69) is 27.4 Å². The Morgan fingerprint density at radius 1 is 1.47 bits per heavy atom. The highest BCUT2D eigenvalue weighted by Crippen LogP contribution is 1.96. The molecule has 82 valence electrons. The second-order valence-corrected chi connectivity index (χ2v) is 3.50. The first-order chi connectivity index (χ1) is 7.36. The molecule has 0 spiro atoms. The van der Waals surface area contributed by atoms with Crippen molar-refractivity contribution in [2.24, 2.45) is 0 Å². The van der Waals surface area contributed by atoms with Crippen molar-refractivity contribution < 1.29 is 0 Å². The first-order valence-electron chi connectivity index (χ1n) is 5.42. The average molecular weight is 206 g/mol. The highest BCUT2D eigenvalue weighted by atomic mass is 15.1. The monoisotopic (exact) mass is 206 g/mol. The maximum Gasteiger partial charge on any atom is 0.0945 e. The fraction of sp³-hybridized carbons (Fsp3) is 0.636. The van der Waals surface area contributed by atoms with Gasteiger partial charge in [-0.1, -0.05) is 6.92 Å². The molecule has 0 unspecified atom stereocenters. The third-order valence-corrected chi connectivity index (χ3v) is 2.44. The van der Waals surface area contributed by atoms with Crippen LogP contribution in [0.3, 0.4) is 0 Å². The highest BCUT2D eigenvalue weighted by molar-refractivity contribution is 4.75. The average Bonchev–Trinajstić information content (AvgIpc) is 2.76. The van der Waals surface area contributed by atoms with Crippen LogP contribution in [0, 0.1) is 11.3 Å². The lowest BCUT2D eigenvalue weighted by Gasteiger charge is -2.18. The molecular formula is C11H18N4. The number of rotatable bonds is 7. The van der Waals surface area contributed by atoms with Crippen molar-refractivity contribution in [1.82, 2.24) is 14.5 Å². The smallest absolute Gasteiger partial charge is 0.0945 e. The summed E-state index contributed by atoms with van der Waals surface area (Å²) in [4.78, 5) is 6.30. The molecule has 0 aromatic carbocycles. The summed E-state index contributed by atoms with van der Waals surface area (Å²) in [7, 11) is 0. The van der Waals surface area contributed by atoms with Crippen LogP contribution in [0.1, 0.15) is 19.8 Å². The van der Waals surface area contributed by atoms with E-state index in [0.29, 0.717) is 6.42 Å². The van der Waals surface area contributed by atoms with Gasteiger partial charge in [0, 0.05) is 31.9 Å². The summed E-state index contributed by atoms with van der Waals surface area (Å²) in [5.41, 5.74) is 0. The summed E-state index contributed by atoms with van der Waals surface area (Å²) in [5.74, 6) is 0. The summed E-state index contributed by atoms with van der Waals surface area (Å²) in [5, 5.41) is 8.50. The van der Waals surface area contributed by atoms with E-state index in [1.807, 2.05) is 12.5 Å². The van der Waals surface area contributed by atoms with Crippen molar-refractivity contribution in [3.8, 4) is 6.07 Å². The number of hydrogen-bond acceptors (Lipinski definition) is 3. The zero-order valence-electron chi connectivity index (χ0n) is 9.26. The second kappa shape index (κ2) is 7.02. The molecule has 1 aromatic heterocycles. The quantitative estimate of drug-likeness (QED) is 0.679. The van der Waals surface area contributed by atoms with Gasteiger partial charge in [0.25, 0.3) is 0 Å². The molecule has 15 heavy (non-hydrogen) atoms. The lowest BCUT2D eigenvalue weighted by atomic mass is 10.3. The summed E-state index contributed by atoms with van der Waals surface area (Å²) in [6.45, 7) is 6.09. The number of aryl methyl sites for hydroxylation is 1. The highest BCUT2D eigenvalue weighted by Gasteiger charge is 2.01. The normalized spacial score (nSPS) is 10.5. The van der Waals surface area contributed by atoms with E-state index in [-0.39, 0.29) is 0 Å². The van der Waals surface area contributed by atoms with Crippen molar-refractivity contribution in [2.75, 3.05) is 19.6 Å². The largest absolute Gasteiger partial charge is 0.337 e. The van der Waals surface area contributed by atoms with Crippen LogP contribution in [-0.2, 0) is 6.54 Å². The molecule has 0 radical (unpaired) electrons. The number of imidazole rings is 1. The molecule has 0 saturated carbocycles. The third-order valence-electron chi connectivity index (χ3n) is 2.44. The van der Waals surface area contributed by atoms with Gasteiger partial charge in [-0.25, -0.2) is 4.98 Å². The molecule has 1 rings (SSSR count). The van der Waals surface area contributed by atoms with E-state index in [0.717, 1.165) is 32.6 Å². The number of nitriles is 1. The SMILES string of the molecule is CCN(CCC#N)CCCn1ccnc1. The van der Waals surface area contributed by atoms with Crippen molar-refractivity contribution in [3.05, 3.63) is 18.7 Å². The minimum Gasteiger partial charge on any atom is -0.337 e. The van der Waals surface area contributed by atoms with E-state index in [9.17, 15) is 0 Å². The predicted octanol–water partition coefficient (Wildman–Crippen LogP) is 1.51. The molecule has 4 nitrogen and oxygen atoms in total. The minimum absolute atomic E-state index is 0.624. The molecule has 1 aromatic rings. The standard InChI is InChI=1S/C11H18N4/c1-2-14(7-3-5-12)8-4-9-15-10-6-13-11-15/h6,10-11H,2-4,7-9H2,1H3. The van der Waals surface area contributed by atoms with Gasteiger partial charge in [0.05, 0.1) is 12.4 Å². The Hall–Kier alpha value is -1.34. The van der Waals surface area contributed by atoms with Gasteiger partial charge in [0.15, 0.2) is 0 Å². The lowest BCUT2D eigenvalue weighted by molar-refractivity contribution is 0.285. The Balaban J connectivity index is 2.14. The van der Waals surface area contributed by atoms with Crippen LogP contribution >= 0.6 is 0 Å². The molecule has 4 heteroatoms. The lowest BCUT2D eigenvalue weighted by Crippen LogP contribution is -2.26. The number of hydrogen-bond donors (Lipinski definition) is 0. The zero-order valence-corrected chi connectivity index (χ0v) is 9.26. The second-order valence-electron chi connectivity index (χ2n) is 3.50. The zero-order chi connectivity index (χ0) is 10.9. The molecule has 0 aliphatic carbocycles. The molecule has 0 amide bonds. The van der Waals surface area contributed by atoms with Crippen LogP contribution in [0.2, 0.25) is 0 Å². The van der Waals surface area contributed by atoms with Gasteiger partial charge >= 0.3 is 0 Å². The van der Waals surface area contributed by atoms with E-state index in [1.165, 1.54) is 0 Å². The van der Waals surface area contributed by atoms with Gasteiger partial charge in [-0.05, 0) is 19.5 Å². The molecule has 0 atom stereocenters. The first-order valence-corrected chi connectivity index (χ1v) is 5.42. The molecule has 1 heterocycles. The fourth-order valence-electron chi connectivity index (χ4n) is 1.53. The van der Waals surface area contributed by atoms with Crippen molar-refractivity contribution >= 4 is 0 Å². The van der Waals surface area contributed by atoms with Crippen LogP contribution in [0.25, 0.3) is 0 Å². The van der Waals surface area contributed by atoms with Gasteiger partial charge in [-0.2, -0.15) is 5.26 Å². The molecule has 0 aliphatic heterocycles. The van der Waals surface area contributed by atoms with Gasteiger partial charge < -0.3 is 9.47 Å². The Morgan fingerprint density at radius 2 is 2.33 bits per heavy atom. The Kier molecular flexibility index (Phi) is 5.49. The summed E-state index contributed by atoms with van der Waals surface area (Å²) in [6.07, 6.45) is 7.35.